The number of carbonyl (C=O) groups excluding carboxylic acids is 1. The van der Waals surface area contributed by atoms with Crippen LogP contribution in [0.25, 0.3) is 0 Å². The largest absolute Gasteiger partial charge is 0.481 e. The average Bonchev–Trinajstić information content (AvgIpc) is 2.40. The third kappa shape index (κ3) is 2.61. The minimum atomic E-state index is -0.808. The standard InChI is InChI=1S/C13H21NO3/c1-9-4-2-3-7-14(8-9)12(15)10-5-6-11(10)13(16)17/h9-11H,2-8H2,1H3,(H,16,17). The van der Waals surface area contributed by atoms with Crippen LogP contribution in [0.5, 0.6) is 0 Å². The number of likely N-dealkylation sites (tertiary alicyclic amines) is 1. The lowest BCUT2D eigenvalue weighted by atomic mass is 9.73. The number of aliphatic carboxylic acids is 1. The Kier molecular flexibility index (Phi) is 3.69. The smallest absolute Gasteiger partial charge is 0.307 e. The maximum absolute atomic E-state index is 12.3. The Bertz CT molecular complexity index is 316. The van der Waals surface area contributed by atoms with Crippen LogP contribution in [0.1, 0.15) is 39.0 Å². The van der Waals surface area contributed by atoms with Gasteiger partial charge in [-0.25, -0.2) is 0 Å². The zero-order valence-electron chi connectivity index (χ0n) is 10.4. The molecule has 0 bridgehead atoms. The summed E-state index contributed by atoms with van der Waals surface area (Å²) < 4.78 is 0. The van der Waals surface area contributed by atoms with Gasteiger partial charge in [0.25, 0.3) is 0 Å². The summed E-state index contributed by atoms with van der Waals surface area (Å²) in [6.45, 7) is 3.79. The predicted molar refractivity (Wildman–Crippen MR) is 63.4 cm³/mol. The first-order valence-corrected chi connectivity index (χ1v) is 6.61. The van der Waals surface area contributed by atoms with Gasteiger partial charge in [0.05, 0.1) is 11.8 Å². The van der Waals surface area contributed by atoms with Crippen molar-refractivity contribution in [2.45, 2.75) is 39.0 Å². The highest BCUT2D eigenvalue weighted by molar-refractivity contribution is 5.86. The van der Waals surface area contributed by atoms with Crippen molar-refractivity contribution in [3.63, 3.8) is 0 Å². The van der Waals surface area contributed by atoms with E-state index in [2.05, 4.69) is 6.92 Å². The number of nitrogens with zero attached hydrogens (tertiary/aromatic N) is 1. The van der Waals surface area contributed by atoms with Crippen molar-refractivity contribution < 1.29 is 14.7 Å². The first-order chi connectivity index (χ1) is 8.09. The summed E-state index contributed by atoms with van der Waals surface area (Å²) in [7, 11) is 0. The fourth-order valence-corrected chi connectivity index (χ4v) is 2.88. The van der Waals surface area contributed by atoms with E-state index in [9.17, 15) is 9.59 Å². The zero-order valence-corrected chi connectivity index (χ0v) is 10.4. The van der Waals surface area contributed by atoms with Crippen LogP contribution in [0, 0.1) is 17.8 Å². The molecule has 2 rings (SSSR count). The summed E-state index contributed by atoms with van der Waals surface area (Å²) in [6.07, 6.45) is 4.82. The molecule has 3 atom stereocenters. The zero-order chi connectivity index (χ0) is 12.4. The molecule has 1 aliphatic carbocycles. The van der Waals surface area contributed by atoms with Gasteiger partial charge >= 0.3 is 5.97 Å². The summed E-state index contributed by atoms with van der Waals surface area (Å²) >= 11 is 0. The van der Waals surface area contributed by atoms with E-state index in [1.54, 1.807) is 0 Å². The highest BCUT2D eigenvalue weighted by atomic mass is 16.4. The summed E-state index contributed by atoms with van der Waals surface area (Å²) in [5, 5.41) is 8.99. The Morgan fingerprint density at radius 2 is 1.82 bits per heavy atom. The fraction of sp³-hybridized carbons (Fsp3) is 0.846. The van der Waals surface area contributed by atoms with E-state index in [0.717, 1.165) is 25.9 Å². The molecule has 0 aromatic heterocycles. The molecule has 1 aliphatic heterocycles. The number of rotatable bonds is 2. The third-order valence-corrected chi connectivity index (χ3v) is 4.13. The van der Waals surface area contributed by atoms with Crippen LogP contribution in [0.3, 0.4) is 0 Å². The first-order valence-electron chi connectivity index (χ1n) is 6.61. The first kappa shape index (κ1) is 12.4. The summed E-state index contributed by atoms with van der Waals surface area (Å²) in [5.74, 6) is -0.862. The second-order valence-electron chi connectivity index (χ2n) is 5.51. The summed E-state index contributed by atoms with van der Waals surface area (Å²) in [5.41, 5.74) is 0. The highest BCUT2D eigenvalue weighted by Gasteiger charge is 2.43. The lowest BCUT2D eigenvalue weighted by Crippen LogP contribution is -2.47. The van der Waals surface area contributed by atoms with E-state index in [1.807, 2.05) is 4.90 Å². The molecule has 2 fully saturated rings. The molecule has 2 aliphatic rings. The molecule has 96 valence electrons. The van der Waals surface area contributed by atoms with E-state index < -0.39 is 11.9 Å². The number of amides is 1. The van der Waals surface area contributed by atoms with Crippen molar-refractivity contribution in [2.24, 2.45) is 17.8 Å². The molecule has 1 saturated carbocycles. The Morgan fingerprint density at radius 1 is 1.12 bits per heavy atom. The minimum Gasteiger partial charge on any atom is -0.481 e. The number of hydrogen-bond acceptors (Lipinski definition) is 2. The SMILES string of the molecule is CC1CCCCN(C(=O)C2CCC2C(=O)O)C1. The van der Waals surface area contributed by atoms with Gasteiger partial charge in [-0.2, -0.15) is 0 Å². The lowest BCUT2D eigenvalue weighted by molar-refractivity contribution is -0.156. The van der Waals surface area contributed by atoms with Crippen LogP contribution in [-0.4, -0.2) is 35.0 Å². The molecule has 0 aromatic carbocycles. The normalized spacial score (nSPS) is 33.7. The van der Waals surface area contributed by atoms with Gasteiger partial charge < -0.3 is 10.0 Å². The third-order valence-electron chi connectivity index (χ3n) is 4.13. The molecule has 4 nitrogen and oxygen atoms in total. The molecule has 1 saturated heterocycles. The lowest BCUT2D eigenvalue weighted by Gasteiger charge is -2.36. The van der Waals surface area contributed by atoms with Crippen molar-refractivity contribution in [1.29, 1.82) is 0 Å². The van der Waals surface area contributed by atoms with Gasteiger partial charge in [-0.3, -0.25) is 9.59 Å². The molecule has 4 heteroatoms. The molecule has 3 unspecified atom stereocenters. The van der Waals surface area contributed by atoms with Crippen LogP contribution < -0.4 is 0 Å². The van der Waals surface area contributed by atoms with E-state index in [0.29, 0.717) is 12.3 Å². The van der Waals surface area contributed by atoms with E-state index >= 15 is 0 Å². The fourth-order valence-electron chi connectivity index (χ4n) is 2.88. The van der Waals surface area contributed by atoms with Gasteiger partial charge in [-0.05, 0) is 31.6 Å². The van der Waals surface area contributed by atoms with Crippen LogP contribution in [0.15, 0.2) is 0 Å². The molecular weight excluding hydrogens is 218 g/mol. The number of hydrogen-bond donors (Lipinski definition) is 1. The van der Waals surface area contributed by atoms with Crippen molar-refractivity contribution in [1.82, 2.24) is 4.90 Å². The Labute approximate surface area is 102 Å². The van der Waals surface area contributed by atoms with Crippen molar-refractivity contribution >= 4 is 11.9 Å². The number of carboxylic acid groups (broad SMARTS) is 1. The molecule has 1 N–H and O–H groups in total. The second kappa shape index (κ2) is 5.07. The molecule has 0 spiro atoms. The molecule has 1 amide bonds. The van der Waals surface area contributed by atoms with E-state index in [1.165, 1.54) is 12.8 Å². The molecule has 1 heterocycles. The van der Waals surface area contributed by atoms with Gasteiger partial charge in [0.2, 0.25) is 5.91 Å². The van der Waals surface area contributed by atoms with E-state index in [-0.39, 0.29) is 11.8 Å². The maximum Gasteiger partial charge on any atom is 0.307 e. The Balaban J connectivity index is 1.96. The monoisotopic (exact) mass is 239 g/mol. The van der Waals surface area contributed by atoms with Gasteiger partial charge in [0, 0.05) is 13.1 Å². The van der Waals surface area contributed by atoms with Crippen molar-refractivity contribution in [2.75, 3.05) is 13.1 Å². The van der Waals surface area contributed by atoms with Crippen molar-refractivity contribution in [3.8, 4) is 0 Å². The van der Waals surface area contributed by atoms with Crippen LogP contribution >= 0.6 is 0 Å². The van der Waals surface area contributed by atoms with Crippen molar-refractivity contribution in [3.05, 3.63) is 0 Å². The number of carboxylic acids is 1. The van der Waals surface area contributed by atoms with Crippen LogP contribution in [0.2, 0.25) is 0 Å². The molecule has 0 aromatic rings. The molecular formula is C13H21NO3. The highest BCUT2D eigenvalue weighted by Crippen LogP contribution is 2.36. The number of carbonyl (C=O) groups is 2. The molecule has 0 radical (unpaired) electrons. The summed E-state index contributed by atoms with van der Waals surface area (Å²) in [4.78, 5) is 25.1. The summed E-state index contributed by atoms with van der Waals surface area (Å²) in [6, 6.07) is 0. The Hall–Kier alpha value is -1.06. The minimum absolute atomic E-state index is 0.0809. The molecule has 17 heavy (non-hydrogen) atoms. The van der Waals surface area contributed by atoms with Gasteiger partial charge in [0.15, 0.2) is 0 Å². The van der Waals surface area contributed by atoms with Crippen LogP contribution in [-0.2, 0) is 9.59 Å². The van der Waals surface area contributed by atoms with Gasteiger partial charge in [-0.1, -0.05) is 13.3 Å². The average molecular weight is 239 g/mol. The second-order valence-corrected chi connectivity index (χ2v) is 5.51. The predicted octanol–water partition coefficient (Wildman–Crippen LogP) is 1.75. The van der Waals surface area contributed by atoms with Gasteiger partial charge in [0.1, 0.15) is 0 Å². The quantitative estimate of drug-likeness (QED) is 0.798. The Morgan fingerprint density at radius 3 is 2.41 bits per heavy atom. The topological polar surface area (TPSA) is 57.6 Å². The maximum atomic E-state index is 12.3. The van der Waals surface area contributed by atoms with E-state index in [4.69, 9.17) is 5.11 Å². The van der Waals surface area contributed by atoms with Crippen LogP contribution in [0.4, 0.5) is 0 Å². The van der Waals surface area contributed by atoms with Gasteiger partial charge in [-0.15, -0.1) is 0 Å².